The normalized spacial score (nSPS) is 17.7. The molecule has 3 heterocycles. The van der Waals surface area contributed by atoms with Crippen LogP contribution in [-0.4, -0.2) is 50.3 Å². The maximum atomic E-state index is 12.5. The second-order valence-electron chi connectivity index (χ2n) is 5.98. The molecule has 3 rings (SSSR count). The number of halogens is 3. The summed E-state index contributed by atoms with van der Waals surface area (Å²) in [5.74, 6) is -2.09. The first-order valence-electron chi connectivity index (χ1n) is 7.78. The summed E-state index contributed by atoms with van der Waals surface area (Å²) in [6, 6.07) is 2.37. The lowest BCUT2D eigenvalue weighted by Crippen LogP contribution is -2.35. The molecule has 26 heavy (non-hydrogen) atoms. The lowest BCUT2D eigenvalue weighted by molar-refractivity contribution is -0.159. The fourth-order valence-corrected chi connectivity index (χ4v) is 2.69. The Labute approximate surface area is 144 Å². The molecule has 1 fully saturated rings. The maximum absolute atomic E-state index is 12.5. The Morgan fingerprint density at radius 2 is 2.19 bits per heavy atom. The predicted octanol–water partition coefficient (Wildman–Crippen LogP) is 0.758. The minimum absolute atomic E-state index is 0.00302. The van der Waals surface area contributed by atoms with Crippen molar-refractivity contribution in [3.8, 4) is 11.4 Å². The topological polar surface area (TPSA) is 101 Å². The summed E-state index contributed by atoms with van der Waals surface area (Å²) in [6.45, 7) is 0.756. The monoisotopic (exact) mass is 372 g/mol. The van der Waals surface area contributed by atoms with Crippen LogP contribution in [0, 0.1) is 5.92 Å². The number of carbonyl (C=O) groups is 1. The van der Waals surface area contributed by atoms with Crippen LogP contribution < -0.4 is 5.56 Å². The van der Waals surface area contributed by atoms with Crippen molar-refractivity contribution in [1.29, 1.82) is 0 Å². The fourth-order valence-electron chi connectivity index (χ4n) is 2.69. The third-order valence-corrected chi connectivity index (χ3v) is 4.13. The van der Waals surface area contributed by atoms with Gasteiger partial charge in [0.05, 0.1) is 0 Å². The molecule has 0 saturated carbocycles. The highest BCUT2D eigenvalue weighted by Crippen LogP contribution is 2.29. The van der Waals surface area contributed by atoms with Crippen molar-refractivity contribution in [1.82, 2.24) is 19.6 Å². The van der Waals surface area contributed by atoms with Crippen molar-refractivity contribution in [2.75, 3.05) is 19.7 Å². The van der Waals surface area contributed by atoms with Crippen molar-refractivity contribution < 1.29 is 27.6 Å². The van der Waals surface area contributed by atoms with Gasteiger partial charge in [-0.2, -0.15) is 18.2 Å². The number of pyridine rings is 1. The van der Waals surface area contributed by atoms with Crippen LogP contribution in [0.5, 0.6) is 0 Å². The van der Waals surface area contributed by atoms with Gasteiger partial charge in [0.15, 0.2) is 0 Å². The molecule has 1 aliphatic heterocycles. The number of nitrogens with zero attached hydrogens (tertiary/aromatic N) is 4. The van der Waals surface area contributed by atoms with E-state index in [4.69, 9.17) is 5.11 Å². The number of amides is 1. The van der Waals surface area contributed by atoms with Crippen molar-refractivity contribution in [2.24, 2.45) is 5.92 Å². The molecule has 0 radical (unpaired) electrons. The molecule has 1 aliphatic rings. The molecule has 1 atom stereocenters. The van der Waals surface area contributed by atoms with Crippen molar-refractivity contribution in [3.63, 3.8) is 0 Å². The first-order chi connectivity index (χ1) is 12.3. The fraction of sp³-hybridized carbons (Fsp3) is 0.467. The standard InChI is InChI=1S/C15H15F3N4O4/c16-15(17,18)14-19-13(20-26-14)10-2-4-22(11(24)5-10)7-12(25)21-3-1-9(6-21)8-23/h2,4-5,9,23H,1,3,6-8H2. The van der Waals surface area contributed by atoms with E-state index >= 15 is 0 Å². The summed E-state index contributed by atoms with van der Waals surface area (Å²) in [5, 5.41) is 12.3. The van der Waals surface area contributed by atoms with Crippen molar-refractivity contribution in [2.45, 2.75) is 19.1 Å². The maximum Gasteiger partial charge on any atom is 0.471 e. The van der Waals surface area contributed by atoms with Gasteiger partial charge in [0.2, 0.25) is 11.7 Å². The van der Waals surface area contributed by atoms with E-state index in [1.54, 1.807) is 4.90 Å². The van der Waals surface area contributed by atoms with Gasteiger partial charge < -0.3 is 19.1 Å². The quantitative estimate of drug-likeness (QED) is 0.850. The van der Waals surface area contributed by atoms with Gasteiger partial charge in [0.1, 0.15) is 6.54 Å². The predicted molar refractivity (Wildman–Crippen MR) is 80.8 cm³/mol. The van der Waals surface area contributed by atoms with Gasteiger partial charge in [0.25, 0.3) is 5.56 Å². The van der Waals surface area contributed by atoms with Gasteiger partial charge in [-0.25, -0.2) is 0 Å². The minimum atomic E-state index is -4.77. The van der Waals surface area contributed by atoms with Gasteiger partial charge in [-0.05, 0) is 12.5 Å². The third kappa shape index (κ3) is 3.77. The number of rotatable bonds is 4. The highest BCUT2D eigenvalue weighted by Gasteiger charge is 2.38. The van der Waals surface area contributed by atoms with Crippen LogP contribution in [0.1, 0.15) is 12.3 Å². The van der Waals surface area contributed by atoms with Crippen molar-refractivity contribution in [3.05, 3.63) is 34.6 Å². The van der Waals surface area contributed by atoms with E-state index in [1.165, 1.54) is 12.3 Å². The molecule has 1 amide bonds. The van der Waals surface area contributed by atoms with E-state index in [-0.39, 0.29) is 36.4 Å². The number of alkyl halides is 3. The molecule has 0 spiro atoms. The summed E-state index contributed by atoms with van der Waals surface area (Å²) in [7, 11) is 0. The van der Waals surface area contributed by atoms with E-state index in [9.17, 15) is 22.8 Å². The molecule has 0 bridgehead atoms. The number of hydrogen-bond acceptors (Lipinski definition) is 6. The van der Waals surface area contributed by atoms with Gasteiger partial charge in [0, 0.05) is 43.4 Å². The molecule has 11 heteroatoms. The summed E-state index contributed by atoms with van der Waals surface area (Å²) in [5.41, 5.74) is -0.522. The Kier molecular flexibility index (Phi) is 4.81. The van der Waals surface area contributed by atoms with Crippen LogP contribution in [0.25, 0.3) is 11.4 Å². The zero-order valence-corrected chi connectivity index (χ0v) is 13.4. The zero-order valence-electron chi connectivity index (χ0n) is 13.4. The molecule has 1 unspecified atom stereocenters. The number of hydrogen-bond donors (Lipinski definition) is 1. The molecular formula is C15H15F3N4O4. The number of aromatic nitrogens is 3. The highest BCUT2D eigenvalue weighted by molar-refractivity contribution is 5.76. The molecule has 140 valence electrons. The highest BCUT2D eigenvalue weighted by atomic mass is 19.4. The molecule has 0 aromatic carbocycles. The van der Waals surface area contributed by atoms with Gasteiger partial charge in [-0.3, -0.25) is 9.59 Å². The SMILES string of the molecule is O=C(Cn1ccc(-c2noc(C(F)(F)F)n2)cc1=O)N1CCC(CO)C1. The van der Waals surface area contributed by atoms with Gasteiger partial charge in [-0.15, -0.1) is 0 Å². The number of likely N-dealkylation sites (tertiary alicyclic amines) is 1. The van der Waals surface area contributed by atoms with Crippen LogP contribution >= 0.6 is 0 Å². The number of carbonyl (C=O) groups excluding carboxylic acids is 1. The molecular weight excluding hydrogens is 357 g/mol. The Hall–Kier alpha value is -2.69. The Balaban J connectivity index is 1.73. The van der Waals surface area contributed by atoms with E-state index in [0.29, 0.717) is 19.5 Å². The Morgan fingerprint density at radius 3 is 2.77 bits per heavy atom. The lowest BCUT2D eigenvalue weighted by Gasteiger charge is -2.16. The number of aliphatic hydroxyl groups excluding tert-OH is 1. The summed E-state index contributed by atoms with van der Waals surface area (Å²) in [6.07, 6.45) is -2.77. The second-order valence-corrected chi connectivity index (χ2v) is 5.98. The molecule has 1 saturated heterocycles. The average Bonchev–Trinajstić information content (AvgIpc) is 3.25. The van der Waals surface area contributed by atoms with Crippen molar-refractivity contribution >= 4 is 5.91 Å². The first kappa shape index (κ1) is 18.1. The van der Waals surface area contributed by atoms with E-state index in [2.05, 4.69) is 14.7 Å². The molecule has 2 aromatic heterocycles. The summed E-state index contributed by atoms with van der Waals surface area (Å²) >= 11 is 0. The van der Waals surface area contributed by atoms with E-state index < -0.39 is 17.6 Å². The first-order valence-corrected chi connectivity index (χ1v) is 7.78. The molecule has 0 aliphatic carbocycles. The smallest absolute Gasteiger partial charge is 0.396 e. The van der Waals surface area contributed by atoms with Crippen LogP contribution in [-0.2, 0) is 17.5 Å². The summed E-state index contributed by atoms with van der Waals surface area (Å²) < 4.78 is 42.7. The van der Waals surface area contributed by atoms with Gasteiger partial charge >= 0.3 is 12.1 Å². The third-order valence-electron chi connectivity index (χ3n) is 4.13. The molecule has 2 aromatic rings. The largest absolute Gasteiger partial charge is 0.471 e. The molecule has 8 nitrogen and oxygen atoms in total. The van der Waals surface area contributed by atoms with Crippen LogP contribution in [0.3, 0.4) is 0 Å². The minimum Gasteiger partial charge on any atom is -0.396 e. The number of aliphatic hydroxyl groups is 1. The van der Waals surface area contributed by atoms with Crippen LogP contribution in [0.2, 0.25) is 0 Å². The van der Waals surface area contributed by atoms with Gasteiger partial charge in [-0.1, -0.05) is 5.16 Å². The van der Waals surface area contributed by atoms with E-state index in [0.717, 1.165) is 10.6 Å². The second kappa shape index (κ2) is 6.90. The Morgan fingerprint density at radius 1 is 1.42 bits per heavy atom. The van der Waals surface area contributed by atoms with E-state index in [1.807, 2.05) is 0 Å². The average molecular weight is 372 g/mol. The summed E-state index contributed by atoms with van der Waals surface area (Å²) in [4.78, 5) is 29.1. The van der Waals surface area contributed by atoms with Crippen LogP contribution in [0.4, 0.5) is 13.2 Å². The Bertz CT molecular complexity index is 861. The zero-order chi connectivity index (χ0) is 18.9. The van der Waals surface area contributed by atoms with Crippen LogP contribution in [0.15, 0.2) is 27.6 Å². The molecule has 1 N–H and O–H groups in total. The lowest BCUT2D eigenvalue weighted by atomic mass is 10.1.